The van der Waals surface area contributed by atoms with Gasteiger partial charge in [0.1, 0.15) is 6.04 Å². The van der Waals surface area contributed by atoms with Crippen LogP contribution in [-0.4, -0.2) is 47.7 Å². The lowest BCUT2D eigenvalue weighted by molar-refractivity contribution is -0.153. The summed E-state index contributed by atoms with van der Waals surface area (Å²) in [7, 11) is 1.34. The van der Waals surface area contributed by atoms with Gasteiger partial charge in [0.2, 0.25) is 5.91 Å². The molecular formula is C18H27NO4. The topological polar surface area (TPSA) is 66.8 Å². The number of ether oxygens (including phenoxy) is 1. The highest BCUT2D eigenvalue weighted by Gasteiger charge is 2.52. The lowest BCUT2D eigenvalue weighted by atomic mass is 9.49. The number of β-amino-alcohol motifs (C(OH)–C–C–N with tert-alkyl or cyclic N) is 1. The summed E-state index contributed by atoms with van der Waals surface area (Å²) in [5.74, 6) is 2.08. The molecule has 4 aliphatic carbocycles. The molecule has 4 saturated carbocycles. The van der Waals surface area contributed by atoms with Crippen LogP contribution in [0.15, 0.2) is 0 Å². The van der Waals surface area contributed by atoms with E-state index in [4.69, 9.17) is 4.74 Å². The first-order chi connectivity index (χ1) is 11.0. The van der Waals surface area contributed by atoms with Gasteiger partial charge >= 0.3 is 5.97 Å². The van der Waals surface area contributed by atoms with E-state index in [9.17, 15) is 14.7 Å². The molecule has 23 heavy (non-hydrogen) atoms. The van der Waals surface area contributed by atoms with Crippen molar-refractivity contribution in [1.29, 1.82) is 0 Å². The van der Waals surface area contributed by atoms with Gasteiger partial charge in [-0.25, -0.2) is 4.79 Å². The summed E-state index contributed by atoms with van der Waals surface area (Å²) in [6.45, 7) is 0.269. The van der Waals surface area contributed by atoms with Gasteiger partial charge in [-0.1, -0.05) is 0 Å². The number of rotatable bonds is 3. The second-order valence-corrected chi connectivity index (χ2v) is 8.57. The Morgan fingerprint density at radius 2 is 1.65 bits per heavy atom. The number of carbonyl (C=O) groups is 2. The van der Waals surface area contributed by atoms with Crippen LogP contribution in [0.4, 0.5) is 0 Å². The molecular weight excluding hydrogens is 294 g/mol. The van der Waals surface area contributed by atoms with Gasteiger partial charge in [-0.3, -0.25) is 4.79 Å². The number of aliphatic hydroxyl groups is 1. The fourth-order valence-corrected chi connectivity index (χ4v) is 6.38. The van der Waals surface area contributed by atoms with Crippen molar-refractivity contribution in [3.8, 4) is 0 Å². The first-order valence-electron chi connectivity index (χ1n) is 9.03. The standard InChI is InChI=1S/C18H27NO4/c1-23-17(22)15-5-14(20)10-19(15)16(21)9-18-6-11-2-12(7-18)4-13(3-11)8-18/h11-15,20H,2-10H2,1H3. The molecule has 1 amide bonds. The van der Waals surface area contributed by atoms with Crippen LogP contribution >= 0.6 is 0 Å². The number of amides is 1. The highest BCUT2D eigenvalue weighted by molar-refractivity contribution is 5.85. The molecule has 0 radical (unpaired) electrons. The van der Waals surface area contributed by atoms with E-state index in [-0.39, 0.29) is 17.9 Å². The molecule has 5 fully saturated rings. The van der Waals surface area contributed by atoms with Crippen molar-refractivity contribution in [2.75, 3.05) is 13.7 Å². The molecule has 1 aliphatic heterocycles. The Labute approximate surface area is 137 Å². The van der Waals surface area contributed by atoms with Crippen molar-refractivity contribution in [2.45, 2.75) is 63.5 Å². The summed E-state index contributed by atoms with van der Waals surface area (Å²) >= 11 is 0. The maximum absolute atomic E-state index is 12.9. The van der Waals surface area contributed by atoms with Crippen LogP contribution < -0.4 is 0 Å². The average molecular weight is 321 g/mol. The van der Waals surface area contributed by atoms with Gasteiger partial charge in [0.25, 0.3) is 0 Å². The molecule has 5 heteroatoms. The molecule has 2 unspecified atom stereocenters. The maximum atomic E-state index is 12.9. The summed E-state index contributed by atoms with van der Waals surface area (Å²) < 4.78 is 4.81. The van der Waals surface area contributed by atoms with Gasteiger partial charge in [0.05, 0.1) is 13.2 Å². The molecule has 0 aromatic carbocycles. The SMILES string of the molecule is COC(=O)C1CC(O)CN1C(=O)CC12CC3CC(CC(C3)C1)C2. The van der Waals surface area contributed by atoms with Gasteiger partial charge in [-0.05, 0) is 61.7 Å². The maximum Gasteiger partial charge on any atom is 0.328 e. The second-order valence-electron chi connectivity index (χ2n) is 8.57. The highest BCUT2D eigenvalue weighted by atomic mass is 16.5. The molecule has 4 bridgehead atoms. The molecule has 0 aromatic heterocycles. The predicted octanol–water partition coefficient (Wildman–Crippen LogP) is 1.73. The van der Waals surface area contributed by atoms with Crippen molar-refractivity contribution in [1.82, 2.24) is 4.90 Å². The average Bonchev–Trinajstić information content (AvgIpc) is 2.86. The van der Waals surface area contributed by atoms with Crippen LogP contribution in [0.1, 0.15) is 51.4 Å². The fraction of sp³-hybridized carbons (Fsp3) is 0.889. The van der Waals surface area contributed by atoms with Crippen LogP contribution in [-0.2, 0) is 14.3 Å². The number of esters is 1. The molecule has 5 aliphatic rings. The third-order valence-electron chi connectivity index (χ3n) is 6.76. The molecule has 2 atom stereocenters. The van der Waals surface area contributed by atoms with Crippen LogP contribution in [0.25, 0.3) is 0 Å². The minimum Gasteiger partial charge on any atom is -0.467 e. The number of likely N-dealkylation sites (tertiary alicyclic amines) is 1. The molecule has 1 heterocycles. The van der Waals surface area contributed by atoms with Crippen molar-refractivity contribution in [2.24, 2.45) is 23.2 Å². The van der Waals surface area contributed by atoms with Gasteiger partial charge in [-0.2, -0.15) is 0 Å². The quantitative estimate of drug-likeness (QED) is 0.804. The fourth-order valence-electron chi connectivity index (χ4n) is 6.38. The van der Waals surface area contributed by atoms with E-state index in [1.807, 2.05) is 0 Å². The monoisotopic (exact) mass is 321 g/mol. The third-order valence-corrected chi connectivity index (χ3v) is 6.76. The van der Waals surface area contributed by atoms with Gasteiger partial charge in [-0.15, -0.1) is 0 Å². The molecule has 0 spiro atoms. The number of aliphatic hydroxyl groups excluding tert-OH is 1. The van der Waals surface area contributed by atoms with Gasteiger partial charge in [0.15, 0.2) is 0 Å². The van der Waals surface area contributed by atoms with Crippen molar-refractivity contribution in [3.63, 3.8) is 0 Å². The number of hydrogen-bond donors (Lipinski definition) is 1. The first-order valence-corrected chi connectivity index (χ1v) is 9.03. The molecule has 5 nitrogen and oxygen atoms in total. The molecule has 1 saturated heterocycles. The molecule has 5 rings (SSSR count). The molecule has 128 valence electrons. The van der Waals surface area contributed by atoms with Crippen LogP contribution in [0, 0.1) is 23.2 Å². The van der Waals surface area contributed by atoms with E-state index in [2.05, 4.69) is 0 Å². The highest BCUT2D eigenvalue weighted by Crippen LogP contribution is 2.61. The zero-order chi connectivity index (χ0) is 16.2. The van der Waals surface area contributed by atoms with Crippen molar-refractivity contribution >= 4 is 11.9 Å². The number of carbonyl (C=O) groups excluding carboxylic acids is 2. The summed E-state index contributed by atoms with van der Waals surface area (Å²) in [6.07, 6.45) is 7.88. The van der Waals surface area contributed by atoms with Gasteiger partial charge in [0, 0.05) is 19.4 Å². The van der Waals surface area contributed by atoms with Crippen LogP contribution in [0.2, 0.25) is 0 Å². The summed E-state index contributed by atoms with van der Waals surface area (Å²) in [5.41, 5.74) is 0.167. The largest absolute Gasteiger partial charge is 0.467 e. The van der Waals surface area contributed by atoms with Crippen LogP contribution in [0.3, 0.4) is 0 Å². The zero-order valence-corrected chi connectivity index (χ0v) is 13.9. The van der Waals surface area contributed by atoms with Crippen molar-refractivity contribution < 1.29 is 19.4 Å². The zero-order valence-electron chi connectivity index (χ0n) is 13.9. The van der Waals surface area contributed by atoms with E-state index in [0.29, 0.717) is 12.8 Å². The Hall–Kier alpha value is -1.10. The number of hydrogen-bond acceptors (Lipinski definition) is 4. The lowest BCUT2D eigenvalue weighted by Gasteiger charge is -2.57. The minimum atomic E-state index is -0.612. The molecule has 1 N–H and O–H groups in total. The second kappa shape index (κ2) is 5.47. The Kier molecular flexibility index (Phi) is 3.67. The Balaban J connectivity index is 1.48. The van der Waals surface area contributed by atoms with E-state index in [1.165, 1.54) is 45.6 Å². The third kappa shape index (κ3) is 2.67. The number of nitrogens with zero attached hydrogens (tertiary/aromatic N) is 1. The summed E-state index contributed by atoms with van der Waals surface area (Å²) in [6, 6.07) is -0.601. The predicted molar refractivity (Wildman–Crippen MR) is 83.4 cm³/mol. The number of methoxy groups -OCH3 is 1. The molecule has 0 aromatic rings. The first kappa shape index (κ1) is 15.4. The van der Waals surface area contributed by atoms with Gasteiger partial charge < -0.3 is 14.7 Å². The van der Waals surface area contributed by atoms with E-state index < -0.39 is 18.1 Å². The lowest BCUT2D eigenvalue weighted by Crippen LogP contribution is -2.49. The Bertz CT molecular complexity index is 482. The van der Waals surface area contributed by atoms with E-state index in [0.717, 1.165) is 17.8 Å². The smallest absolute Gasteiger partial charge is 0.328 e. The minimum absolute atomic E-state index is 0.0406. The Morgan fingerprint density at radius 3 is 2.17 bits per heavy atom. The Morgan fingerprint density at radius 1 is 1.09 bits per heavy atom. The van der Waals surface area contributed by atoms with Crippen molar-refractivity contribution in [3.05, 3.63) is 0 Å². The van der Waals surface area contributed by atoms with Crippen LogP contribution in [0.5, 0.6) is 0 Å². The van der Waals surface area contributed by atoms with E-state index >= 15 is 0 Å². The van der Waals surface area contributed by atoms with E-state index in [1.54, 1.807) is 4.90 Å². The normalized spacial score (nSPS) is 44.6. The summed E-state index contributed by atoms with van der Waals surface area (Å²) in [4.78, 5) is 26.4. The summed E-state index contributed by atoms with van der Waals surface area (Å²) in [5, 5.41) is 9.89.